The summed E-state index contributed by atoms with van der Waals surface area (Å²) in [7, 11) is 0. The number of esters is 1. The number of carbonyl (C=O) groups excluding carboxylic acids is 1. The highest BCUT2D eigenvalue weighted by Crippen LogP contribution is 2.05. The Bertz CT molecular complexity index is 236. The Morgan fingerprint density at radius 2 is 2.58 bits per heavy atom. The lowest BCUT2D eigenvalue weighted by atomic mass is 10.5. The van der Waals surface area contributed by atoms with Crippen LogP contribution in [0.4, 0.5) is 0 Å². The SMILES string of the molecule is C#CCOC(=O)C1=COCCO1. The minimum atomic E-state index is -0.590. The van der Waals surface area contributed by atoms with E-state index in [-0.39, 0.29) is 12.4 Å². The quantitative estimate of drug-likeness (QED) is 0.431. The van der Waals surface area contributed by atoms with Gasteiger partial charge in [0.25, 0.3) is 0 Å². The molecule has 0 aliphatic carbocycles. The van der Waals surface area contributed by atoms with Crippen LogP contribution in [0, 0.1) is 12.3 Å². The molecule has 0 fully saturated rings. The molecule has 0 saturated heterocycles. The zero-order valence-corrected chi connectivity index (χ0v) is 6.41. The Kier molecular flexibility index (Phi) is 3.03. The van der Waals surface area contributed by atoms with E-state index < -0.39 is 5.97 Å². The predicted octanol–water partition coefficient (Wildman–Crippen LogP) is 0.0510. The van der Waals surface area contributed by atoms with Gasteiger partial charge in [-0.25, -0.2) is 4.79 Å². The van der Waals surface area contributed by atoms with Crippen LogP contribution < -0.4 is 0 Å². The van der Waals surface area contributed by atoms with Gasteiger partial charge in [0, 0.05) is 0 Å². The second-order valence-corrected chi connectivity index (χ2v) is 1.98. The lowest BCUT2D eigenvalue weighted by Gasteiger charge is -2.13. The number of hydrogen-bond donors (Lipinski definition) is 0. The molecule has 0 unspecified atom stereocenters. The van der Waals surface area contributed by atoms with Crippen LogP contribution >= 0.6 is 0 Å². The van der Waals surface area contributed by atoms with E-state index in [0.29, 0.717) is 13.2 Å². The highest BCUT2D eigenvalue weighted by atomic mass is 16.6. The molecule has 1 aliphatic rings. The van der Waals surface area contributed by atoms with Crippen LogP contribution in [0.1, 0.15) is 0 Å². The summed E-state index contributed by atoms with van der Waals surface area (Å²) in [6, 6.07) is 0. The number of ether oxygens (including phenoxy) is 3. The number of terminal acetylenes is 1. The maximum absolute atomic E-state index is 11.0. The van der Waals surface area contributed by atoms with E-state index in [4.69, 9.17) is 15.9 Å². The zero-order chi connectivity index (χ0) is 8.81. The molecule has 0 aromatic carbocycles. The highest BCUT2D eigenvalue weighted by Gasteiger charge is 2.15. The summed E-state index contributed by atoms with van der Waals surface area (Å²) in [4.78, 5) is 11.0. The summed E-state index contributed by atoms with van der Waals surface area (Å²) < 4.78 is 14.4. The molecule has 4 nitrogen and oxygen atoms in total. The molecule has 0 bridgehead atoms. The number of rotatable bonds is 2. The van der Waals surface area contributed by atoms with Crippen LogP contribution in [0.3, 0.4) is 0 Å². The molecular formula is C8H8O4. The summed E-state index contributed by atoms with van der Waals surface area (Å²) >= 11 is 0. The minimum Gasteiger partial charge on any atom is -0.493 e. The van der Waals surface area contributed by atoms with E-state index >= 15 is 0 Å². The summed E-state index contributed by atoms with van der Waals surface area (Å²) in [6.07, 6.45) is 6.11. The van der Waals surface area contributed by atoms with Gasteiger partial charge in [-0.3, -0.25) is 0 Å². The topological polar surface area (TPSA) is 44.8 Å². The highest BCUT2D eigenvalue weighted by molar-refractivity contribution is 5.86. The first-order valence-corrected chi connectivity index (χ1v) is 3.40. The third-order valence-electron chi connectivity index (χ3n) is 1.14. The van der Waals surface area contributed by atoms with Gasteiger partial charge in [-0.2, -0.15) is 0 Å². The number of carbonyl (C=O) groups is 1. The van der Waals surface area contributed by atoms with Gasteiger partial charge in [0.15, 0.2) is 6.61 Å². The second-order valence-electron chi connectivity index (χ2n) is 1.98. The monoisotopic (exact) mass is 168 g/mol. The van der Waals surface area contributed by atoms with Gasteiger partial charge in [-0.05, 0) is 0 Å². The zero-order valence-electron chi connectivity index (χ0n) is 6.41. The first kappa shape index (κ1) is 8.47. The Labute approximate surface area is 70.1 Å². The van der Waals surface area contributed by atoms with Crippen molar-refractivity contribution in [2.45, 2.75) is 0 Å². The van der Waals surface area contributed by atoms with Crippen LogP contribution in [0.2, 0.25) is 0 Å². The molecule has 1 heterocycles. The normalized spacial score (nSPS) is 14.8. The molecule has 0 aromatic rings. The lowest BCUT2D eigenvalue weighted by molar-refractivity contribution is -0.143. The predicted molar refractivity (Wildman–Crippen MR) is 39.8 cm³/mol. The van der Waals surface area contributed by atoms with E-state index in [9.17, 15) is 4.79 Å². The van der Waals surface area contributed by atoms with Crippen molar-refractivity contribution in [1.29, 1.82) is 0 Å². The smallest absolute Gasteiger partial charge is 0.377 e. The maximum Gasteiger partial charge on any atom is 0.377 e. The third kappa shape index (κ3) is 2.20. The third-order valence-corrected chi connectivity index (χ3v) is 1.14. The summed E-state index contributed by atoms with van der Waals surface area (Å²) in [5.74, 6) is 1.65. The molecule has 0 atom stereocenters. The van der Waals surface area contributed by atoms with Gasteiger partial charge in [0.05, 0.1) is 0 Å². The van der Waals surface area contributed by atoms with Gasteiger partial charge in [-0.1, -0.05) is 5.92 Å². The van der Waals surface area contributed by atoms with E-state index in [1.165, 1.54) is 6.26 Å². The fourth-order valence-corrected chi connectivity index (χ4v) is 0.654. The first-order chi connectivity index (χ1) is 5.84. The van der Waals surface area contributed by atoms with Crippen molar-refractivity contribution >= 4 is 5.97 Å². The summed E-state index contributed by atoms with van der Waals surface area (Å²) in [6.45, 7) is 0.752. The van der Waals surface area contributed by atoms with Gasteiger partial charge in [0.2, 0.25) is 5.76 Å². The van der Waals surface area contributed by atoms with E-state index in [2.05, 4.69) is 10.7 Å². The van der Waals surface area contributed by atoms with Crippen molar-refractivity contribution in [2.24, 2.45) is 0 Å². The standard InChI is InChI=1S/C8H8O4/c1-2-3-12-8(9)7-6-10-4-5-11-7/h1,6H,3-5H2. The van der Waals surface area contributed by atoms with Gasteiger partial charge in [-0.15, -0.1) is 6.42 Å². The lowest BCUT2D eigenvalue weighted by Crippen LogP contribution is -2.17. The average Bonchev–Trinajstić information content (AvgIpc) is 2.15. The van der Waals surface area contributed by atoms with Gasteiger partial charge in [0.1, 0.15) is 19.5 Å². The molecule has 12 heavy (non-hydrogen) atoms. The Hall–Kier alpha value is -1.63. The van der Waals surface area contributed by atoms with Crippen LogP contribution in [0.15, 0.2) is 12.0 Å². The van der Waals surface area contributed by atoms with E-state index in [1.54, 1.807) is 0 Å². The molecule has 0 N–H and O–H groups in total. The van der Waals surface area contributed by atoms with Gasteiger partial charge >= 0.3 is 5.97 Å². The van der Waals surface area contributed by atoms with E-state index in [0.717, 1.165) is 0 Å². The first-order valence-electron chi connectivity index (χ1n) is 3.40. The minimum absolute atomic E-state index is 0.0560. The van der Waals surface area contributed by atoms with Crippen molar-refractivity contribution in [1.82, 2.24) is 0 Å². The molecule has 0 radical (unpaired) electrons. The van der Waals surface area contributed by atoms with Crippen LogP contribution in [0.5, 0.6) is 0 Å². The fraction of sp³-hybridized carbons (Fsp3) is 0.375. The Morgan fingerprint density at radius 1 is 1.75 bits per heavy atom. The van der Waals surface area contributed by atoms with Crippen LogP contribution in [0.25, 0.3) is 0 Å². The van der Waals surface area contributed by atoms with Crippen molar-refractivity contribution in [3.05, 3.63) is 12.0 Å². The van der Waals surface area contributed by atoms with Crippen molar-refractivity contribution < 1.29 is 19.0 Å². The van der Waals surface area contributed by atoms with E-state index in [1.807, 2.05) is 0 Å². The largest absolute Gasteiger partial charge is 0.493 e. The molecular weight excluding hydrogens is 160 g/mol. The molecule has 4 heteroatoms. The molecule has 0 saturated carbocycles. The summed E-state index contributed by atoms with van der Waals surface area (Å²) in [5, 5.41) is 0. The van der Waals surface area contributed by atoms with Crippen molar-refractivity contribution in [2.75, 3.05) is 19.8 Å². The molecule has 0 aromatic heterocycles. The molecule has 0 spiro atoms. The number of hydrogen-bond acceptors (Lipinski definition) is 4. The molecule has 0 amide bonds. The fourth-order valence-electron chi connectivity index (χ4n) is 0.654. The Morgan fingerprint density at radius 3 is 3.17 bits per heavy atom. The second kappa shape index (κ2) is 4.29. The van der Waals surface area contributed by atoms with Crippen LogP contribution in [-0.4, -0.2) is 25.8 Å². The molecule has 64 valence electrons. The van der Waals surface area contributed by atoms with Crippen LogP contribution in [-0.2, 0) is 19.0 Å². The average molecular weight is 168 g/mol. The molecule has 1 rings (SSSR count). The summed E-state index contributed by atoms with van der Waals surface area (Å²) in [5.41, 5.74) is 0. The maximum atomic E-state index is 11.0. The van der Waals surface area contributed by atoms with Crippen molar-refractivity contribution in [3.63, 3.8) is 0 Å². The molecule has 1 aliphatic heterocycles. The van der Waals surface area contributed by atoms with Crippen molar-refractivity contribution in [3.8, 4) is 12.3 Å². The van der Waals surface area contributed by atoms with Gasteiger partial charge < -0.3 is 14.2 Å². The Balaban J connectivity index is 2.41.